The Morgan fingerprint density at radius 3 is 1.70 bits per heavy atom. The zero-order valence-electron chi connectivity index (χ0n) is 5.90. The lowest BCUT2D eigenvalue weighted by atomic mass is 10.2. The lowest BCUT2D eigenvalue weighted by Gasteiger charge is -2.31. The quantitative estimate of drug-likeness (QED) is 0.364. The molecule has 0 amide bonds. The van der Waals surface area contributed by atoms with Gasteiger partial charge in [-0.2, -0.15) is 0 Å². The molecule has 0 aliphatic heterocycles. The lowest BCUT2D eigenvalue weighted by molar-refractivity contribution is -0.454. The molecule has 0 saturated carbocycles. The van der Waals surface area contributed by atoms with E-state index in [4.69, 9.17) is 20.4 Å². The molecule has 0 heterocycles. The fourth-order valence-electron chi connectivity index (χ4n) is 0.394. The van der Waals surface area contributed by atoms with Crippen LogP contribution in [0.4, 0.5) is 0 Å². The van der Waals surface area contributed by atoms with Gasteiger partial charge in [-0.25, -0.2) is 0 Å². The summed E-state index contributed by atoms with van der Waals surface area (Å²) in [6, 6.07) is 0. The molecule has 62 valence electrons. The maximum absolute atomic E-state index is 8.78. The Hall–Kier alpha value is -0.200. The molecular weight excluding hydrogens is 140 g/mol. The maximum atomic E-state index is 8.78. The molecule has 0 fully saturated rings. The highest BCUT2D eigenvalue weighted by Gasteiger charge is 2.46. The monoisotopic (exact) mass is 152 g/mol. The Bertz CT molecular complexity index is 94.6. The molecular formula is C5H12O5. The average Bonchev–Trinajstić information content (AvgIpc) is 1.88. The zero-order valence-corrected chi connectivity index (χ0v) is 5.90. The molecule has 0 aromatic rings. The first-order valence-corrected chi connectivity index (χ1v) is 2.82. The molecule has 0 spiro atoms. The minimum Gasteiger partial charge on any atom is -0.359 e. The van der Waals surface area contributed by atoms with Gasteiger partial charge in [0, 0.05) is 13.5 Å². The second-order valence-corrected chi connectivity index (χ2v) is 1.98. The van der Waals surface area contributed by atoms with Crippen molar-refractivity contribution in [2.24, 2.45) is 0 Å². The van der Waals surface area contributed by atoms with Crippen molar-refractivity contribution in [2.45, 2.75) is 25.1 Å². The summed E-state index contributed by atoms with van der Waals surface area (Å²) in [5, 5.41) is 34.9. The van der Waals surface area contributed by atoms with Crippen LogP contribution in [0, 0.1) is 0 Å². The molecule has 5 nitrogen and oxygen atoms in total. The van der Waals surface area contributed by atoms with Crippen molar-refractivity contribution in [3.05, 3.63) is 0 Å². The van der Waals surface area contributed by atoms with E-state index in [9.17, 15) is 0 Å². The first-order valence-electron chi connectivity index (χ1n) is 2.82. The van der Waals surface area contributed by atoms with Crippen LogP contribution in [0.2, 0.25) is 0 Å². The van der Waals surface area contributed by atoms with Crippen LogP contribution in [-0.4, -0.2) is 39.3 Å². The summed E-state index contributed by atoms with van der Waals surface area (Å²) in [6.07, 6.45) is -0.242. The molecule has 0 atom stereocenters. The van der Waals surface area contributed by atoms with E-state index in [1.807, 2.05) is 0 Å². The number of methoxy groups -OCH3 is 1. The summed E-state index contributed by atoms with van der Waals surface area (Å²) in [5.41, 5.74) is 0. The Kier molecular flexibility index (Phi) is 2.76. The van der Waals surface area contributed by atoms with Crippen LogP contribution in [0.25, 0.3) is 0 Å². The predicted molar refractivity (Wildman–Crippen MR) is 31.6 cm³/mol. The van der Waals surface area contributed by atoms with Crippen molar-refractivity contribution in [3.8, 4) is 0 Å². The lowest BCUT2D eigenvalue weighted by Crippen LogP contribution is -2.55. The van der Waals surface area contributed by atoms with Gasteiger partial charge in [0.25, 0.3) is 0 Å². The van der Waals surface area contributed by atoms with Gasteiger partial charge >= 0.3 is 5.97 Å². The first kappa shape index (κ1) is 9.80. The molecule has 0 radical (unpaired) electrons. The van der Waals surface area contributed by atoms with E-state index in [1.54, 1.807) is 0 Å². The fraction of sp³-hybridized carbons (Fsp3) is 1.00. The highest BCUT2D eigenvalue weighted by atomic mass is 16.8. The Morgan fingerprint density at radius 2 is 1.60 bits per heavy atom. The molecule has 0 bridgehead atoms. The summed E-state index contributed by atoms with van der Waals surface area (Å²) in [6.45, 7) is 1.38. The minimum absolute atomic E-state index is 0.242. The zero-order chi connectivity index (χ0) is 8.41. The van der Waals surface area contributed by atoms with Crippen LogP contribution in [-0.2, 0) is 4.74 Å². The normalized spacial score (nSPS) is 13.8. The van der Waals surface area contributed by atoms with Crippen molar-refractivity contribution in [1.29, 1.82) is 0 Å². The second-order valence-electron chi connectivity index (χ2n) is 1.98. The minimum atomic E-state index is -2.90. The molecule has 0 aromatic carbocycles. The summed E-state index contributed by atoms with van der Waals surface area (Å²) in [7, 11) is 0.955. The van der Waals surface area contributed by atoms with Crippen molar-refractivity contribution in [2.75, 3.05) is 7.11 Å². The van der Waals surface area contributed by atoms with E-state index in [-0.39, 0.29) is 6.42 Å². The van der Waals surface area contributed by atoms with Gasteiger partial charge in [0.15, 0.2) is 0 Å². The van der Waals surface area contributed by atoms with Crippen LogP contribution in [0.15, 0.2) is 0 Å². The van der Waals surface area contributed by atoms with Crippen LogP contribution in [0.5, 0.6) is 0 Å². The van der Waals surface area contributed by atoms with Gasteiger partial charge in [-0.3, -0.25) is 0 Å². The van der Waals surface area contributed by atoms with Gasteiger partial charge in [0.2, 0.25) is 5.79 Å². The third kappa shape index (κ3) is 1.65. The topological polar surface area (TPSA) is 90.2 Å². The van der Waals surface area contributed by atoms with Crippen molar-refractivity contribution < 1.29 is 25.2 Å². The number of rotatable bonds is 3. The summed E-state index contributed by atoms with van der Waals surface area (Å²) < 4.78 is 4.00. The van der Waals surface area contributed by atoms with Crippen molar-refractivity contribution in [3.63, 3.8) is 0 Å². The average molecular weight is 152 g/mol. The summed E-state index contributed by atoms with van der Waals surface area (Å²) >= 11 is 0. The van der Waals surface area contributed by atoms with Crippen molar-refractivity contribution in [1.82, 2.24) is 0 Å². The van der Waals surface area contributed by atoms with E-state index < -0.39 is 11.8 Å². The van der Waals surface area contributed by atoms with Crippen LogP contribution < -0.4 is 0 Å². The highest BCUT2D eigenvalue weighted by molar-refractivity contribution is 4.71. The second kappa shape index (κ2) is 2.81. The maximum Gasteiger partial charge on any atom is 0.334 e. The molecule has 10 heavy (non-hydrogen) atoms. The Morgan fingerprint density at radius 1 is 1.20 bits per heavy atom. The number of ether oxygens (including phenoxy) is 1. The predicted octanol–water partition coefficient (Wildman–Crippen LogP) is -1.64. The Labute approximate surface area is 58.5 Å². The summed E-state index contributed by atoms with van der Waals surface area (Å²) in [4.78, 5) is 0. The van der Waals surface area contributed by atoms with E-state index in [0.29, 0.717) is 0 Å². The first-order chi connectivity index (χ1) is 4.37. The smallest absolute Gasteiger partial charge is 0.334 e. The highest BCUT2D eigenvalue weighted by Crippen LogP contribution is 2.20. The van der Waals surface area contributed by atoms with Crippen molar-refractivity contribution >= 4 is 0 Å². The Balaban J connectivity index is 4.28. The van der Waals surface area contributed by atoms with E-state index >= 15 is 0 Å². The SMILES string of the molecule is CCC(O)(O)C(O)(O)OC. The molecule has 0 unspecified atom stereocenters. The number of aliphatic hydroxyl groups is 4. The molecule has 0 aliphatic carbocycles. The van der Waals surface area contributed by atoms with E-state index in [1.165, 1.54) is 6.92 Å². The number of hydrogen-bond acceptors (Lipinski definition) is 5. The third-order valence-electron chi connectivity index (χ3n) is 1.30. The molecule has 0 aromatic heterocycles. The van der Waals surface area contributed by atoms with Gasteiger partial charge in [-0.15, -0.1) is 0 Å². The van der Waals surface area contributed by atoms with Gasteiger partial charge in [0.1, 0.15) is 0 Å². The third-order valence-corrected chi connectivity index (χ3v) is 1.30. The van der Waals surface area contributed by atoms with E-state index in [2.05, 4.69) is 4.74 Å². The van der Waals surface area contributed by atoms with Gasteiger partial charge in [0.05, 0.1) is 0 Å². The van der Waals surface area contributed by atoms with Gasteiger partial charge < -0.3 is 25.2 Å². The molecule has 4 N–H and O–H groups in total. The van der Waals surface area contributed by atoms with E-state index in [0.717, 1.165) is 7.11 Å². The summed E-state index contributed by atoms with van der Waals surface area (Å²) in [5.74, 6) is -5.52. The fourth-order valence-corrected chi connectivity index (χ4v) is 0.394. The molecule has 0 aliphatic rings. The molecule has 5 heteroatoms. The van der Waals surface area contributed by atoms with Gasteiger partial charge in [-0.1, -0.05) is 6.92 Å². The standard InChI is InChI=1S/C5H12O5/c1-3-4(6,7)5(8,9)10-2/h6-9H,3H2,1-2H3. The van der Waals surface area contributed by atoms with Gasteiger partial charge in [-0.05, 0) is 0 Å². The largest absolute Gasteiger partial charge is 0.359 e. The van der Waals surface area contributed by atoms with Crippen LogP contribution >= 0.6 is 0 Å². The van der Waals surface area contributed by atoms with Crippen LogP contribution in [0.3, 0.4) is 0 Å². The van der Waals surface area contributed by atoms with Crippen LogP contribution in [0.1, 0.15) is 13.3 Å². The number of hydrogen-bond donors (Lipinski definition) is 4. The molecule has 0 rings (SSSR count). The molecule has 0 saturated heterocycles.